The number of halogens is 1. The number of nitrogens with two attached hydrogens (primary N) is 3. The SMILES string of the molecule is C=C(OCC)c1ccc(CC(=O)N=C(N)N)cc1CCC.C=O.CCc1cc(CCCC2CCCCC2)ccc1F.CN. The topological polar surface area (TPSA) is 134 Å². The van der Waals surface area contributed by atoms with Crippen molar-refractivity contribution in [1.82, 2.24) is 0 Å². The highest BCUT2D eigenvalue weighted by Crippen LogP contribution is 2.28. The lowest BCUT2D eigenvalue weighted by molar-refractivity contribution is -0.117. The number of hydrogen-bond acceptors (Lipinski definition) is 4. The molecule has 1 amide bonds. The minimum absolute atomic E-state index is 0.0477. The molecule has 0 aliphatic heterocycles. The van der Waals surface area contributed by atoms with E-state index < -0.39 is 0 Å². The van der Waals surface area contributed by atoms with E-state index in [0.717, 1.165) is 53.9 Å². The standard InChI is InChI=1S/C17H25F.C16H23N3O2.CH5N.CH2O/c1-2-16-13-15(11-12-17(16)18)10-6-9-14-7-4-3-5-8-14;1-4-6-13-9-12(10-15(20)19-16(17)18)7-8-14(13)11(3)21-5-2;2*1-2/h11-14H,2-10H2,1H3;7-9H,3-6,10H2,1-2H3,(H4,17,18,19,20);2H2,1H3;1H2. The number of guanidine groups is 1. The van der Waals surface area contributed by atoms with Gasteiger partial charge in [0.2, 0.25) is 0 Å². The van der Waals surface area contributed by atoms with Gasteiger partial charge in [0.1, 0.15) is 18.4 Å². The number of aryl methyl sites for hydroxylation is 3. The zero-order valence-electron chi connectivity index (χ0n) is 26.9. The zero-order chi connectivity index (χ0) is 32.6. The van der Waals surface area contributed by atoms with Gasteiger partial charge in [0.25, 0.3) is 5.91 Å². The van der Waals surface area contributed by atoms with Gasteiger partial charge in [-0.1, -0.05) is 95.7 Å². The molecule has 1 saturated carbocycles. The fourth-order valence-corrected chi connectivity index (χ4v) is 5.24. The molecule has 0 radical (unpaired) electrons. The third kappa shape index (κ3) is 16.1. The first-order valence-corrected chi connectivity index (χ1v) is 15.5. The summed E-state index contributed by atoms with van der Waals surface area (Å²) in [6, 6.07) is 11.4. The molecule has 43 heavy (non-hydrogen) atoms. The molecule has 0 unspecified atom stereocenters. The Balaban J connectivity index is 0.000000741. The van der Waals surface area contributed by atoms with Gasteiger partial charge in [0.05, 0.1) is 13.0 Å². The lowest BCUT2D eigenvalue weighted by Crippen LogP contribution is -2.24. The largest absolute Gasteiger partial charge is 0.494 e. The molecule has 8 heteroatoms. The van der Waals surface area contributed by atoms with Crippen LogP contribution in [0.4, 0.5) is 4.39 Å². The molecule has 6 N–H and O–H groups in total. The summed E-state index contributed by atoms with van der Waals surface area (Å²) in [5.41, 5.74) is 20.1. The zero-order valence-corrected chi connectivity index (χ0v) is 26.9. The summed E-state index contributed by atoms with van der Waals surface area (Å²) >= 11 is 0. The smallest absolute Gasteiger partial charge is 0.253 e. The number of amides is 1. The number of carbonyl (C=O) groups excluding carboxylic acids is 2. The molecule has 0 atom stereocenters. The number of carbonyl (C=O) groups is 2. The second kappa shape index (κ2) is 24.0. The number of rotatable bonds is 12. The van der Waals surface area contributed by atoms with E-state index in [-0.39, 0.29) is 24.1 Å². The Morgan fingerprint density at radius 3 is 2.16 bits per heavy atom. The first kappa shape index (κ1) is 39.5. The Morgan fingerprint density at radius 1 is 0.953 bits per heavy atom. The van der Waals surface area contributed by atoms with Crippen molar-refractivity contribution in [3.05, 3.63) is 76.6 Å². The third-order valence-electron chi connectivity index (χ3n) is 7.21. The number of nitrogens with zero attached hydrogens (tertiary/aromatic N) is 1. The van der Waals surface area contributed by atoms with E-state index in [2.05, 4.69) is 30.3 Å². The molecule has 0 saturated heterocycles. The summed E-state index contributed by atoms with van der Waals surface area (Å²) in [5, 5.41) is 0. The van der Waals surface area contributed by atoms with Gasteiger partial charge in [0, 0.05) is 5.56 Å². The Bertz CT molecular complexity index is 1110. The lowest BCUT2D eigenvalue weighted by Gasteiger charge is -2.21. The molecule has 1 aliphatic carbocycles. The Labute approximate surface area is 259 Å². The van der Waals surface area contributed by atoms with Crippen LogP contribution in [0.5, 0.6) is 0 Å². The van der Waals surface area contributed by atoms with Crippen molar-refractivity contribution in [3.63, 3.8) is 0 Å². The minimum Gasteiger partial charge on any atom is -0.494 e. The summed E-state index contributed by atoms with van der Waals surface area (Å²) < 4.78 is 18.9. The normalized spacial score (nSPS) is 12.2. The maximum atomic E-state index is 13.4. The molecule has 0 spiro atoms. The average Bonchev–Trinajstić information content (AvgIpc) is 3.01. The van der Waals surface area contributed by atoms with Gasteiger partial charge in [-0.3, -0.25) is 4.79 Å². The molecular formula is C35H55FN4O3. The summed E-state index contributed by atoms with van der Waals surface area (Å²) in [7, 11) is 1.50. The van der Waals surface area contributed by atoms with Crippen LogP contribution in [0, 0.1) is 11.7 Å². The van der Waals surface area contributed by atoms with Crippen molar-refractivity contribution in [3.8, 4) is 0 Å². The van der Waals surface area contributed by atoms with Gasteiger partial charge in [-0.25, -0.2) is 4.39 Å². The highest BCUT2D eigenvalue weighted by Gasteiger charge is 2.13. The minimum atomic E-state index is -0.353. The van der Waals surface area contributed by atoms with Gasteiger partial charge in [-0.15, -0.1) is 0 Å². The number of hydrogen-bond donors (Lipinski definition) is 3. The first-order valence-electron chi connectivity index (χ1n) is 15.5. The molecule has 3 rings (SSSR count). The van der Waals surface area contributed by atoms with Crippen molar-refractivity contribution >= 4 is 24.4 Å². The summed E-state index contributed by atoms with van der Waals surface area (Å²) in [5.74, 6) is 1.00. The van der Waals surface area contributed by atoms with Crippen molar-refractivity contribution < 1.29 is 18.7 Å². The van der Waals surface area contributed by atoms with Crippen molar-refractivity contribution in [2.75, 3.05) is 13.7 Å². The maximum Gasteiger partial charge on any atom is 0.253 e. The molecule has 1 fully saturated rings. The Morgan fingerprint density at radius 2 is 1.58 bits per heavy atom. The van der Waals surface area contributed by atoms with E-state index in [1.165, 1.54) is 57.6 Å². The van der Waals surface area contributed by atoms with Gasteiger partial charge in [-0.05, 0) is 73.9 Å². The van der Waals surface area contributed by atoms with E-state index >= 15 is 0 Å². The van der Waals surface area contributed by atoms with Crippen LogP contribution in [0.3, 0.4) is 0 Å². The second-order valence-electron chi connectivity index (χ2n) is 10.4. The maximum absolute atomic E-state index is 13.4. The Hall–Kier alpha value is -3.52. The van der Waals surface area contributed by atoms with Gasteiger partial charge in [-0.2, -0.15) is 4.99 Å². The van der Waals surface area contributed by atoms with Crippen molar-refractivity contribution in [1.29, 1.82) is 0 Å². The van der Waals surface area contributed by atoms with Gasteiger partial charge >= 0.3 is 0 Å². The third-order valence-corrected chi connectivity index (χ3v) is 7.21. The predicted octanol–water partition coefficient (Wildman–Crippen LogP) is 6.67. The number of ether oxygens (including phenoxy) is 1. The molecule has 0 heterocycles. The molecule has 1 aliphatic rings. The molecule has 2 aromatic carbocycles. The highest BCUT2D eigenvalue weighted by atomic mass is 19.1. The fourth-order valence-electron chi connectivity index (χ4n) is 5.24. The first-order chi connectivity index (χ1) is 20.8. The van der Waals surface area contributed by atoms with Crippen molar-refractivity contribution in [2.24, 2.45) is 28.1 Å². The van der Waals surface area contributed by atoms with Crippen molar-refractivity contribution in [2.45, 2.75) is 97.8 Å². The molecule has 7 nitrogen and oxygen atoms in total. The van der Waals surface area contributed by atoms with Crippen LogP contribution < -0.4 is 17.2 Å². The van der Waals surface area contributed by atoms with Crippen LogP contribution in [0.25, 0.3) is 5.76 Å². The van der Waals surface area contributed by atoms with Crippen LogP contribution >= 0.6 is 0 Å². The Kier molecular flexibility index (Phi) is 22.0. The number of aliphatic imine (C=N–C) groups is 1. The summed E-state index contributed by atoms with van der Waals surface area (Å²) in [6.45, 7) is 12.6. The van der Waals surface area contributed by atoms with E-state index in [9.17, 15) is 9.18 Å². The van der Waals surface area contributed by atoms with Crippen LogP contribution in [-0.2, 0) is 40.0 Å². The molecule has 0 aromatic heterocycles. The van der Waals surface area contributed by atoms with E-state index in [4.69, 9.17) is 21.0 Å². The fraction of sp³-hybridized carbons (Fsp3) is 0.514. The molecule has 240 valence electrons. The van der Waals surface area contributed by atoms with E-state index in [1.54, 1.807) is 6.07 Å². The molecular weight excluding hydrogens is 543 g/mol. The summed E-state index contributed by atoms with van der Waals surface area (Å²) in [4.78, 5) is 23.1. The molecule has 0 bridgehead atoms. The summed E-state index contributed by atoms with van der Waals surface area (Å²) in [6.07, 6.45) is 13.8. The lowest BCUT2D eigenvalue weighted by atomic mass is 9.85. The van der Waals surface area contributed by atoms with Gasteiger partial charge < -0.3 is 26.7 Å². The van der Waals surface area contributed by atoms with Crippen LogP contribution in [0.2, 0.25) is 0 Å². The van der Waals surface area contributed by atoms with E-state index in [1.807, 2.05) is 44.9 Å². The van der Waals surface area contributed by atoms with E-state index in [0.29, 0.717) is 12.4 Å². The van der Waals surface area contributed by atoms with Gasteiger partial charge in [0.15, 0.2) is 5.96 Å². The van der Waals surface area contributed by atoms with Crippen LogP contribution in [-0.4, -0.2) is 32.3 Å². The van der Waals surface area contributed by atoms with Crippen LogP contribution in [0.15, 0.2) is 48.0 Å². The number of benzene rings is 2. The highest BCUT2D eigenvalue weighted by molar-refractivity contribution is 5.92. The monoisotopic (exact) mass is 598 g/mol. The quantitative estimate of drug-likeness (QED) is 0.142. The van der Waals surface area contributed by atoms with Crippen LogP contribution in [0.1, 0.15) is 100.0 Å². The molecule has 2 aromatic rings. The average molecular weight is 599 g/mol. The second-order valence-corrected chi connectivity index (χ2v) is 10.4. The predicted molar refractivity (Wildman–Crippen MR) is 178 cm³/mol.